The molecule has 0 amide bonds. The van der Waals surface area contributed by atoms with Gasteiger partial charge in [-0.25, -0.2) is 4.98 Å². The minimum atomic E-state index is -0.322. The summed E-state index contributed by atoms with van der Waals surface area (Å²) in [6.45, 7) is 1.89. The number of hydrogen-bond donors (Lipinski definition) is 2. The SMILES string of the molecule is CCC/C(O)=C(\C#N)c1nc2ccccc2c(=O)[nH]1. The highest BCUT2D eigenvalue weighted by molar-refractivity contribution is 5.81. The van der Waals surface area contributed by atoms with E-state index in [4.69, 9.17) is 5.26 Å². The Morgan fingerprint density at radius 2 is 2.21 bits per heavy atom. The van der Waals surface area contributed by atoms with Gasteiger partial charge < -0.3 is 10.1 Å². The average Bonchev–Trinajstić information content (AvgIpc) is 2.40. The van der Waals surface area contributed by atoms with Crippen molar-refractivity contribution >= 4 is 16.5 Å². The number of para-hydroxylation sites is 1. The van der Waals surface area contributed by atoms with E-state index in [9.17, 15) is 9.90 Å². The van der Waals surface area contributed by atoms with E-state index in [2.05, 4.69) is 9.97 Å². The van der Waals surface area contributed by atoms with Crippen LogP contribution in [0.15, 0.2) is 34.8 Å². The van der Waals surface area contributed by atoms with Crippen molar-refractivity contribution in [3.05, 3.63) is 46.2 Å². The summed E-state index contributed by atoms with van der Waals surface area (Å²) in [4.78, 5) is 18.6. The quantitative estimate of drug-likeness (QED) is 0.651. The van der Waals surface area contributed by atoms with Crippen LogP contribution < -0.4 is 5.56 Å². The van der Waals surface area contributed by atoms with Crippen molar-refractivity contribution in [2.75, 3.05) is 0 Å². The number of fused-ring (bicyclic) bond motifs is 1. The maximum atomic E-state index is 11.9. The fourth-order valence-electron chi connectivity index (χ4n) is 1.82. The van der Waals surface area contributed by atoms with Gasteiger partial charge in [0.15, 0.2) is 5.82 Å². The first kappa shape index (κ1) is 12.8. The number of allylic oxidation sites excluding steroid dienone is 2. The number of aliphatic hydroxyl groups is 1. The second kappa shape index (κ2) is 5.36. The molecule has 19 heavy (non-hydrogen) atoms. The third kappa shape index (κ3) is 2.47. The van der Waals surface area contributed by atoms with E-state index in [1.165, 1.54) is 0 Å². The van der Waals surface area contributed by atoms with Crippen LogP contribution in [0.4, 0.5) is 0 Å². The minimum absolute atomic E-state index is 0.0182. The number of nitrogens with zero attached hydrogens (tertiary/aromatic N) is 2. The second-order valence-corrected chi connectivity index (χ2v) is 4.12. The average molecular weight is 255 g/mol. The molecule has 5 nitrogen and oxygen atoms in total. The van der Waals surface area contributed by atoms with Crippen molar-refractivity contribution in [3.8, 4) is 6.07 Å². The molecule has 0 saturated carbocycles. The van der Waals surface area contributed by atoms with Crippen molar-refractivity contribution in [3.63, 3.8) is 0 Å². The maximum Gasteiger partial charge on any atom is 0.259 e. The molecule has 0 radical (unpaired) electrons. The molecular weight excluding hydrogens is 242 g/mol. The van der Waals surface area contributed by atoms with Crippen molar-refractivity contribution in [2.45, 2.75) is 19.8 Å². The molecular formula is C14H13N3O2. The third-order valence-corrected chi connectivity index (χ3v) is 2.74. The lowest BCUT2D eigenvalue weighted by atomic mass is 10.1. The Balaban J connectivity index is 2.67. The molecule has 0 bridgehead atoms. The van der Waals surface area contributed by atoms with E-state index in [1.54, 1.807) is 24.3 Å². The highest BCUT2D eigenvalue weighted by Gasteiger charge is 2.12. The Labute approximate surface area is 109 Å². The Bertz CT molecular complexity index is 738. The number of nitriles is 1. The first-order chi connectivity index (χ1) is 9.17. The number of aliphatic hydroxyl groups excluding tert-OH is 1. The Kier molecular flexibility index (Phi) is 3.62. The Hall–Kier alpha value is -2.61. The fourth-order valence-corrected chi connectivity index (χ4v) is 1.82. The fraction of sp³-hybridized carbons (Fsp3) is 0.214. The number of H-pyrrole nitrogens is 1. The summed E-state index contributed by atoms with van der Waals surface area (Å²) in [5, 5.41) is 19.4. The molecule has 0 unspecified atom stereocenters. The zero-order valence-corrected chi connectivity index (χ0v) is 10.5. The second-order valence-electron chi connectivity index (χ2n) is 4.12. The molecule has 0 saturated heterocycles. The zero-order chi connectivity index (χ0) is 13.8. The lowest BCUT2D eigenvalue weighted by Gasteiger charge is -2.04. The molecule has 5 heteroatoms. The summed E-state index contributed by atoms with van der Waals surface area (Å²) in [5.74, 6) is 0.0561. The number of nitrogens with one attached hydrogen (secondary N) is 1. The molecule has 2 rings (SSSR count). The molecule has 0 aliphatic rings. The highest BCUT2D eigenvalue weighted by Crippen LogP contribution is 2.17. The van der Waals surface area contributed by atoms with Crippen LogP contribution in [-0.4, -0.2) is 15.1 Å². The third-order valence-electron chi connectivity index (χ3n) is 2.74. The molecule has 0 spiro atoms. The van der Waals surface area contributed by atoms with Crippen LogP contribution in [0.25, 0.3) is 16.5 Å². The molecule has 2 aromatic rings. The number of benzene rings is 1. The van der Waals surface area contributed by atoms with Gasteiger partial charge >= 0.3 is 0 Å². The topological polar surface area (TPSA) is 89.8 Å². The van der Waals surface area contributed by atoms with Gasteiger partial charge in [-0.1, -0.05) is 19.1 Å². The van der Waals surface area contributed by atoms with E-state index < -0.39 is 0 Å². The zero-order valence-electron chi connectivity index (χ0n) is 10.5. The summed E-state index contributed by atoms with van der Waals surface area (Å²) in [6.07, 6.45) is 1.08. The van der Waals surface area contributed by atoms with E-state index in [1.807, 2.05) is 13.0 Å². The molecule has 2 N–H and O–H groups in total. The summed E-state index contributed by atoms with van der Waals surface area (Å²) in [7, 11) is 0. The highest BCUT2D eigenvalue weighted by atomic mass is 16.3. The van der Waals surface area contributed by atoms with Gasteiger partial charge in [-0.2, -0.15) is 5.26 Å². The monoisotopic (exact) mass is 255 g/mol. The first-order valence-electron chi connectivity index (χ1n) is 5.99. The van der Waals surface area contributed by atoms with Crippen LogP contribution in [0.5, 0.6) is 0 Å². The van der Waals surface area contributed by atoms with Crippen LogP contribution in [0.2, 0.25) is 0 Å². The molecule has 1 aromatic carbocycles. The summed E-state index contributed by atoms with van der Waals surface area (Å²) >= 11 is 0. The number of hydrogen-bond acceptors (Lipinski definition) is 4. The minimum Gasteiger partial charge on any atom is -0.511 e. The maximum absolute atomic E-state index is 11.9. The van der Waals surface area contributed by atoms with Gasteiger partial charge in [0.2, 0.25) is 0 Å². The number of rotatable bonds is 3. The van der Waals surface area contributed by atoms with E-state index in [0.29, 0.717) is 23.7 Å². The van der Waals surface area contributed by atoms with E-state index >= 15 is 0 Å². The van der Waals surface area contributed by atoms with Gasteiger partial charge in [-0.3, -0.25) is 4.79 Å². The van der Waals surface area contributed by atoms with E-state index in [-0.39, 0.29) is 22.7 Å². The van der Waals surface area contributed by atoms with Crippen molar-refractivity contribution in [2.24, 2.45) is 0 Å². The van der Waals surface area contributed by atoms with Gasteiger partial charge in [0, 0.05) is 6.42 Å². The summed E-state index contributed by atoms with van der Waals surface area (Å²) in [5.41, 5.74) is 0.195. The van der Waals surface area contributed by atoms with Gasteiger partial charge in [0.25, 0.3) is 5.56 Å². The van der Waals surface area contributed by atoms with Crippen LogP contribution >= 0.6 is 0 Å². The summed E-state index contributed by atoms with van der Waals surface area (Å²) in [6, 6.07) is 8.75. The van der Waals surface area contributed by atoms with Gasteiger partial charge in [-0.15, -0.1) is 0 Å². The molecule has 96 valence electrons. The molecule has 0 atom stereocenters. The van der Waals surface area contributed by atoms with Gasteiger partial charge in [-0.05, 0) is 18.6 Å². The standard InChI is InChI=1S/C14H13N3O2/c1-2-5-12(18)10(8-15)13-16-11-7-4-3-6-9(11)14(19)17-13/h3-4,6-7,18H,2,5H2,1H3,(H,16,17,19)/b12-10-. The molecule has 0 fully saturated rings. The van der Waals surface area contributed by atoms with Gasteiger partial charge in [0.1, 0.15) is 17.4 Å². The smallest absolute Gasteiger partial charge is 0.259 e. The van der Waals surface area contributed by atoms with Crippen LogP contribution in [0.3, 0.4) is 0 Å². The predicted molar refractivity (Wildman–Crippen MR) is 72.4 cm³/mol. The van der Waals surface area contributed by atoms with Gasteiger partial charge in [0.05, 0.1) is 10.9 Å². The number of aromatic nitrogens is 2. The Morgan fingerprint density at radius 1 is 1.47 bits per heavy atom. The largest absolute Gasteiger partial charge is 0.511 e. The molecule has 0 aliphatic carbocycles. The molecule has 1 aromatic heterocycles. The van der Waals surface area contributed by atoms with Crippen molar-refractivity contribution in [1.82, 2.24) is 9.97 Å². The first-order valence-corrected chi connectivity index (χ1v) is 5.99. The van der Waals surface area contributed by atoms with Crippen LogP contribution in [-0.2, 0) is 0 Å². The predicted octanol–water partition coefficient (Wildman–Crippen LogP) is 2.52. The Morgan fingerprint density at radius 3 is 2.89 bits per heavy atom. The number of aromatic amines is 1. The van der Waals surface area contributed by atoms with Crippen LogP contribution in [0, 0.1) is 11.3 Å². The van der Waals surface area contributed by atoms with E-state index in [0.717, 1.165) is 0 Å². The summed E-state index contributed by atoms with van der Waals surface area (Å²) < 4.78 is 0. The lowest BCUT2D eigenvalue weighted by molar-refractivity contribution is 0.390. The molecule has 1 heterocycles. The van der Waals surface area contributed by atoms with Crippen molar-refractivity contribution in [1.29, 1.82) is 5.26 Å². The normalized spacial score (nSPS) is 12.0. The molecule has 0 aliphatic heterocycles. The lowest BCUT2D eigenvalue weighted by Crippen LogP contribution is -2.11. The van der Waals surface area contributed by atoms with Crippen LogP contribution in [0.1, 0.15) is 25.6 Å². The van der Waals surface area contributed by atoms with Crippen molar-refractivity contribution < 1.29 is 5.11 Å².